The lowest BCUT2D eigenvalue weighted by atomic mass is 9.85. The number of fused-ring (bicyclic) bond motifs is 3. The van der Waals surface area contributed by atoms with Gasteiger partial charge in [-0.1, -0.05) is 18.2 Å². The number of hydrogen-bond acceptors (Lipinski definition) is 2. The summed E-state index contributed by atoms with van der Waals surface area (Å²) < 4.78 is 15.0. The predicted octanol–water partition coefficient (Wildman–Crippen LogP) is 3.63. The fourth-order valence-corrected chi connectivity index (χ4v) is 4.19. The lowest BCUT2D eigenvalue weighted by Gasteiger charge is -2.27. The van der Waals surface area contributed by atoms with Gasteiger partial charge >= 0.3 is 5.97 Å². The molecule has 6 heteroatoms. The Labute approximate surface area is 162 Å². The van der Waals surface area contributed by atoms with Crippen LogP contribution in [0.4, 0.5) is 10.1 Å². The second-order valence-corrected chi connectivity index (χ2v) is 7.24. The fourth-order valence-electron chi connectivity index (χ4n) is 4.19. The lowest BCUT2D eigenvalue weighted by molar-refractivity contribution is -0.137. The summed E-state index contributed by atoms with van der Waals surface area (Å²) in [5.41, 5.74) is 3.63. The first kappa shape index (κ1) is 18.2. The van der Waals surface area contributed by atoms with Crippen LogP contribution in [0.5, 0.6) is 0 Å². The number of amides is 1. The van der Waals surface area contributed by atoms with Gasteiger partial charge in [-0.3, -0.25) is 9.59 Å². The summed E-state index contributed by atoms with van der Waals surface area (Å²) in [6.07, 6.45) is 1.89. The number of aromatic nitrogens is 1. The molecule has 1 atom stereocenters. The van der Waals surface area contributed by atoms with Gasteiger partial charge in [0.25, 0.3) is 0 Å². The molecule has 1 aromatic heterocycles. The van der Waals surface area contributed by atoms with Crippen molar-refractivity contribution in [3.63, 3.8) is 0 Å². The zero-order chi connectivity index (χ0) is 19.8. The number of carbonyl (C=O) groups is 2. The van der Waals surface area contributed by atoms with Crippen LogP contribution in [-0.2, 0) is 29.0 Å². The van der Waals surface area contributed by atoms with Crippen molar-refractivity contribution in [3.05, 3.63) is 65.6 Å². The molecule has 5 nitrogen and oxygen atoms in total. The van der Waals surface area contributed by atoms with Gasteiger partial charge in [-0.2, -0.15) is 0 Å². The molecule has 1 N–H and O–H groups in total. The SMILES string of the molecule is CN(C(=O)C1CCc2c(c3ccccc3n2CC(=O)O)C1)c1ccc(F)cc1. The Balaban J connectivity index is 1.65. The monoisotopic (exact) mass is 380 g/mol. The molecule has 0 aliphatic heterocycles. The van der Waals surface area contributed by atoms with E-state index in [9.17, 15) is 19.1 Å². The molecule has 0 saturated heterocycles. The highest BCUT2D eigenvalue weighted by atomic mass is 19.1. The Morgan fingerprint density at radius 1 is 1.18 bits per heavy atom. The maximum Gasteiger partial charge on any atom is 0.323 e. The smallest absolute Gasteiger partial charge is 0.323 e. The summed E-state index contributed by atoms with van der Waals surface area (Å²) in [6, 6.07) is 13.6. The molecular weight excluding hydrogens is 359 g/mol. The van der Waals surface area contributed by atoms with E-state index in [2.05, 4.69) is 0 Å². The highest BCUT2D eigenvalue weighted by molar-refractivity contribution is 5.96. The standard InChI is InChI=1S/C22H21FN2O3/c1-24(16-9-7-15(23)8-10-16)22(28)14-6-11-20-18(12-14)17-4-2-3-5-19(17)25(20)13-21(26)27/h2-5,7-10,14H,6,11-13H2,1H3,(H,26,27). The van der Waals surface area contributed by atoms with E-state index in [0.717, 1.165) is 22.2 Å². The largest absolute Gasteiger partial charge is 0.480 e. The van der Waals surface area contributed by atoms with E-state index in [1.165, 1.54) is 12.1 Å². The molecule has 0 bridgehead atoms. The second kappa shape index (κ2) is 7.11. The van der Waals surface area contributed by atoms with Crippen molar-refractivity contribution in [1.29, 1.82) is 0 Å². The number of benzene rings is 2. The van der Waals surface area contributed by atoms with Crippen LogP contribution >= 0.6 is 0 Å². The number of carboxylic acids is 1. The van der Waals surface area contributed by atoms with Crippen molar-refractivity contribution in [2.24, 2.45) is 5.92 Å². The molecule has 0 radical (unpaired) electrons. The zero-order valence-corrected chi connectivity index (χ0v) is 15.6. The molecule has 144 valence electrons. The van der Waals surface area contributed by atoms with E-state index in [4.69, 9.17) is 0 Å². The molecule has 0 fully saturated rings. The number of halogens is 1. The summed E-state index contributed by atoms with van der Waals surface area (Å²) in [5.74, 6) is -1.41. The average molecular weight is 380 g/mol. The Morgan fingerprint density at radius 2 is 1.89 bits per heavy atom. The second-order valence-electron chi connectivity index (χ2n) is 7.24. The molecule has 1 amide bonds. The van der Waals surface area contributed by atoms with Crippen molar-refractivity contribution >= 4 is 28.5 Å². The Morgan fingerprint density at radius 3 is 2.61 bits per heavy atom. The van der Waals surface area contributed by atoms with E-state index >= 15 is 0 Å². The third-order valence-electron chi connectivity index (χ3n) is 5.56. The Hall–Kier alpha value is -3.15. The van der Waals surface area contributed by atoms with Crippen LogP contribution in [0.25, 0.3) is 10.9 Å². The molecule has 2 aromatic carbocycles. The van der Waals surface area contributed by atoms with Crippen molar-refractivity contribution in [1.82, 2.24) is 4.57 Å². The molecule has 3 aromatic rings. The van der Waals surface area contributed by atoms with Crippen molar-refractivity contribution < 1.29 is 19.1 Å². The quantitative estimate of drug-likeness (QED) is 0.752. The first-order valence-corrected chi connectivity index (χ1v) is 9.29. The average Bonchev–Trinajstić information content (AvgIpc) is 3.00. The molecule has 1 unspecified atom stereocenters. The maximum atomic E-state index is 13.2. The normalized spacial score (nSPS) is 16.0. The summed E-state index contributed by atoms with van der Waals surface area (Å²) in [5, 5.41) is 10.3. The number of carbonyl (C=O) groups excluding carboxylic acids is 1. The molecule has 28 heavy (non-hydrogen) atoms. The molecule has 4 rings (SSSR count). The highest BCUT2D eigenvalue weighted by Crippen LogP contribution is 2.35. The van der Waals surface area contributed by atoms with Gasteiger partial charge in [0.15, 0.2) is 0 Å². The van der Waals surface area contributed by atoms with Gasteiger partial charge in [0, 0.05) is 35.2 Å². The van der Waals surface area contributed by atoms with E-state index in [0.29, 0.717) is 24.9 Å². The number of rotatable bonds is 4. The van der Waals surface area contributed by atoms with Crippen LogP contribution in [0.2, 0.25) is 0 Å². The number of aliphatic carboxylic acids is 1. The zero-order valence-electron chi connectivity index (χ0n) is 15.6. The minimum absolute atomic E-state index is 0.00711. The van der Waals surface area contributed by atoms with Crippen LogP contribution in [0.15, 0.2) is 48.5 Å². The van der Waals surface area contributed by atoms with Gasteiger partial charge in [0.2, 0.25) is 5.91 Å². The van der Waals surface area contributed by atoms with Gasteiger partial charge in [-0.05, 0) is 55.2 Å². The first-order valence-electron chi connectivity index (χ1n) is 9.29. The topological polar surface area (TPSA) is 62.5 Å². The third-order valence-corrected chi connectivity index (χ3v) is 5.56. The summed E-state index contributed by atoms with van der Waals surface area (Å²) in [7, 11) is 1.71. The molecule has 1 heterocycles. The molecule has 0 spiro atoms. The van der Waals surface area contributed by atoms with Crippen LogP contribution in [0.3, 0.4) is 0 Å². The number of anilines is 1. The molecule has 1 aliphatic carbocycles. The van der Waals surface area contributed by atoms with E-state index in [1.807, 2.05) is 28.8 Å². The Kier molecular flexibility index (Phi) is 4.63. The Bertz CT molecular complexity index is 1060. The fraction of sp³-hybridized carbons (Fsp3) is 0.273. The number of hydrogen-bond donors (Lipinski definition) is 1. The summed E-state index contributed by atoms with van der Waals surface area (Å²) in [4.78, 5) is 26.0. The number of para-hydroxylation sites is 1. The van der Waals surface area contributed by atoms with Crippen molar-refractivity contribution in [2.75, 3.05) is 11.9 Å². The summed E-state index contributed by atoms with van der Waals surface area (Å²) >= 11 is 0. The van der Waals surface area contributed by atoms with Crippen molar-refractivity contribution in [2.45, 2.75) is 25.8 Å². The van der Waals surface area contributed by atoms with E-state index in [-0.39, 0.29) is 24.2 Å². The first-order chi connectivity index (χ1) is 13.5. The molecule has 0 saturated carbocycles. The van der Waals surface area contributed by atoms with E-state index < -0.39 is 5.97 Å². The van der Waals surface area contributed by atoms with E-state index in [1.54, 1.807) is 24.1 Å². The third kappa shape index (κ3) is 3.15. The number of carboxylic acid groups (broad SMARTS) is 1. The van der Waals surface area contributed by atoms with Gasteiger partial charge in [0.1, 0.15) is 12.4 Å². The van der Waals surface area contributed by atoms with Crippen LogP contribution in [0, 0.1) is 11.7 Å². The van der Waals surface area contributed by atoms with Gasteiger partial charge in [-0.25, -0.2) is 4.39 Å². The van der Waals surface area contributed by atoms with Crippen LogP contribution in [0.1, 0.15) is 17.7 Å². The van der Waals surface area contributed by atoms with Gasteiger partial charge in [-0.15, -0.1) is 0 Å². The van der Waals surface area contributed by atoms with Crippen LogP contribution < -0.4 is 4.90 Å². The maximum absolute atomic E-state index is 13.2. The van der Waals surface area contributed by atoms with Gasteiger partial charge < -0.3 is 14.6 Å². The van der Waals surface area contributed by atoms with Gasteiger partial charge in [0.05, 0.1) is 0 Å². The van der Waals surface area contributed by atoms with Crippen LogP contribution in [-0.4, -0.2) is 28.6 Å². The lowest BCUT2D eigenvalue weighted by Crippen LogP contribution is -2.36. The van der Waals surface area contributed by atoms with Crippen molar-refractivity contribution in [3.8, 4) is 0 Å². The predicted molar refractivity (Wildman–Crippen MR) is 105 cm³/mol. The minimum atomic E-state index is -0.877. The molecule has 1 aliphatic rings. The summed E-state index contributed by atoms with van der Waals surface area (Å²) in [6.45, 7) is -0.0794. The number of nitrogens with zero attached hydrogens (tertiary/aromatic N) is 2. The minimum Gasteiger partial charge on any atom is -0.480 e. The highest BCUT2D eigenvalue weighted by Gasteiger charge is 2.31. The molecular formula is C22H21FN2O3.